The van der Waals surface area contributed by atoms with E-state index in [4.69, 9.17) is 10.5 Å². The van der Waals surface area contributed by atoms with E-state index in [2.05, 4.69) is 45.9 Å². The average Bonchev–Trinajstić information content (AvgIpc) is 2.45. The van der Waals surface area contributed by atoms with Crippen molar-refractivity contribution in [2.75, 3.05) is 7.11 Å². The highest BCUT2D eigenvalue weighted by Crippen LogP contribution is 2.33. The van der Waals surface area contributed by atoms with E-state index in [0.717, 1.165) is 19.3 Å². The number of methoxy groups -OCH3 is 1. The van der Waals surface area contributed by atoms with Crippen molar-refractivity contribution in [3.63, 3.8) is 0 Å². The molecule has 0 radical (unpaired) electrons. The molecule has 0 aliphatic heterocycles. The molecule has 0 aliphatic rings. The highest BCUT2D eigenvalue weighted by atomic mass is 16.5. The number of carbonyl (C=O) groups is 1. The quantitative estimate of drug-likeness (QED) is 0.778. The zero-order valence-corrected chi connectivity index (χ0v) is 14.0. The van der Waals surface area contributed by atoms with Gasteiger partial charge < -0.3 is 10.5 Å². The topological polar surface area (TPSA) is 52.3 Å². The Labute approximate surface area is 128 Å². The monoisotopic (exact) mass is 291 g/mol. The van der Waals surface area contributed by atoms with Gasteiger partial charge in [-0.3, -0.25) is 4.79 Å². The number of esters is 1. The number of aryl methyl sites for hydroxylation is 2. The molecule has 1 aromatic rings. The Balaban J connectivity index is 2.92. The number of carbonyl (C=O) groups excluding carboxylic acids is 1. The summed E-state index contributed by atoms with van der Waals surface area (Å²) in [5.74, 6) is -0.176. The van der Waals surface area contributed by atoms with Crippen LogP contribution in [0.25, 0.3) is 0 Å². The van der Waals surface area contributed by atoms with E-state index in [1.54, 1.807) is 0 Å². The lowest BCUT2D eigenvalue weighted by molar-refractivity contribution is -0.143. The summed E-state index contributed by atoms with van der Waals surface area (Å²) in [6, 6.07) is 6.53. The van der Waals surface area contributed by atoms with Crippen LogP contribution in [0.2, 0.25) is 0 Å². The predicted octanol–water partition coefficient (Wildman–Crippen LogP) is 3.79. The summed E-state index contributed by atoms with van der Waals surface area (Å²) in [4.78, 5) is 11.5. The van der Waals surface area contributed by atoms with E-state index in [9.17, 15) is 4.79 Å². The van der Waals surface area contributed by atoms with Gasteiger partial charge in [0.2, 0.25) is 0 Å². The average molecular weight is 291 g/mol. The molecule has 1 atom stereocenters. The lowest BCUT2D eigenvalue weighted by Crippen LogP contribution is -2.25. The number of hydrogen-bond acceptors (Lipinski definition) is 3. The van der Waals surface area contributed by atoms with E-state index in [0.29, 0.717) is 6.42 Å². The second-order valence-corrected chi connectivity index (χ2v) is 6.47. The molecular formula is C18H29NO2. The van der Waals surface area contributed by atoms with Crippen LogP contribution in [0, 0.1) is 5.41 Å². The number of nitrogens with two attached hydrogens (primary N) is 1. The minimum atomic E-state index is -0.176. The second kappa shape index (κ2) is 7.60. The summed E-state index contributed by atoms with van der Waals surface area (Å²) < 4.78 is 4.78. The lowest BCUT2D eigenvalue weighted by atomic mass is 9.80. The van der Waals surface area contributed by atoms with Crippen LogP contribution in [0.15, 0.2) is 18.2 Å². The predicted molar refractivity (Wildman–Crippen MR) is 87.2 cm³/mol. The van der Waals surface area contributed by atoms with Crippen molar-refractivity contribution < 1.29 is 9.53 Å². The molecule has 3 heteroatoms. The van der Waals surface area contributed by atoms with Crippen LogP contribution in [0.4, 0.5) is 0 Å². The molecule has 0 amide bonds. The standard InChI is InChI=1S/C18H29NO2/c1-6-13-8-9-14(7-2)15(10-13)16(19)11-18(3,4)12-17(20)21-5/h8-10,16H,6-7,11-12,19H2,1-5H3. The normalized spacial score (nSPS) is 13.0. The molecule has 0 aromatic heterocycles. The van der Waals surface area contributed by atoms with Crippen LogP contribution in [0.1, 0.15) is 63.3 Å². The van der Waals surface area contributed by atoms with Gasteiger partial charge in [-0.15, -0.1) is 0 Å². The van der Waals surface area contributed by atoms with Gasteiger partial charge in [-0.2, -0.15) is 0 Å². The van der Waals surface area contributed by atoms with Crippen molar-refractivity contribution >= 4 is 5.97 Å². The minimum absolute atomic E-state index is 0.0499. The molecule has 0 spiro atoms. The molecule has 3 nitrogen and oxygen atoms in total. The van der Waals surface area contributed by atoms with E-state index in [1.165, 1.54) is 23.8 Å². The van der Waals surface area contributed by atoms with E-state index >= 15 is 0 Å². The van der Waals surface area contributed by atoms with E-state index < -0.39 is 0 Å². The Morgan fingerprint density at radius 1 is 1.29 bits per heavy atom. The third-order valence-corrected chi connectivity index (χ3v) is 4.02. The number of hydrogen-bond donors (Lipinski definition) is 1. The molecule has 118 valence electrons. The summed E-state index contributed by atoms with van der Waals surface area (Å²) >= 11 is 0. The van der Waals surface area contributed by atoms with Gasteiger partial charge in [0.25, 0.3) is 0 Å². The Hall–Kier alpha value is -1.35. The molecule has 21 heavy (non-hydrogen) atoms. The van der Waals surface area contributed by atoms with Gasteiger partial charge in [-0.05, 0) is 41.4 Å². The number of ether oxygens (including phenoxy) is 1. The molecule has 0 fully saturated rings. The second-order valence-electron chi connectivity index (χ2n) is 6.47. The van der Waals surface area contributed by atoms with Gasteiger partial charge in [0.1, 0.15) is 0 Å². The molecule has 0 bridgehead atoms. The Morgan fingerprint density at radius 3 is 2.48 bits per heavy atom. The highest BCUT2D eigenvalue weighted by Gasteiger charge is 2.26. The molecule has 1 rings (SSSR count). The summed E-state index contributed by atoms with van der Waals surface area (Å²) in [7, 11) is 1.43. The molecule has 2 N–H and O–H groups in total. The van der Waals surface area contributed by atoms with Crippen molar-refractivity contribution in [2.24, 2.45) is 11.1 Å². The maximum absolute atomic E-state index is 11.5. The maximum Gasteiger partial charge on any atom is 0.306 e. The fourth-order valence-electron chi connectivity index (χ4n) is 2.77. The molecule has 1 aromatic carbocycles. The van der Waals surface area contributed by atoms with E-state index in [-0.39, 0.29) is 17.4 Å². The Bertz CT molecular complexity index is 480. The van der Waals surface area contributed by atoms with Gasteiger partial charge in [0.15, 0.2) is 0 Å². The van der Waals surface area contributed by atoms with Gasteiger partial charge in [0.05, 0.1) is 13.5 Å². The largest absolute Gasteiger partial charge is 0.469 e. The number of rotatable bonds is 7. The molecule has 0 heterocycles. The summed E-state index contributed by atoms with van der Waals surface area (Å²) in [5, 5.41) is 0. The highest BCUT2D eigenvalue weighted by molar-refractivity contribution is 5.69. The van der Waals surface area contributed by atoms with Crippen LogP contribution in [-0.4, -0.2) is 13.1 Å². The summed E-state index contributed by atoms with van der Waals surface area (Å²) in [6.45, 7) is 8.44. The smallest absolute Gasteiger partial charge is 0.306 e. The lowest BCUT2D eigenvalue weighted by Gasteiger charge is -2.28. The van der Waals surface area contributed by atoms with Crippen molar-refractivity contribution in [3.8, 4) is 0 Å². The van der Waals surface area contributed by atoms with Crippen molar-refractivity contribution in [3.05, 3.63) is 34.9 Å². The van der Waals surface area contributed by atoms with Crippen LogP contribution in [-0.2, 0) is 22.4 Å². The van der Waals surface area contributed by atoms with Crippen molar-refractivity contribution in [2.45, 2.75) is 59.4 Å². The van der Waals surface area contributed by atoms with Gasteiger partial charge in [0, 0.05) is 6.04 Å². The third kappa shape index (κ3) is 5.16. The molecule has 0 aliphatic carbocycles. The van der Waals surface area contributed by atoms with E-state index in [1.807, 2.05) is 0 Å². The first-order valence-electron chi connectivity index (χ1n) is 7.77. The SMILES string of the molecule is CCc1ccc(CC)c(C(N)CC(C)(C)CC(=O)OC)c1. The third-order valence-electron chi connectivity index (χ3n) is 4.02. The van der Waals surface area contributed by atoms with Gasteiger partial charge >= 0.3 is 5.97 Å². The van der Waals surface area contributed by atoms with Crippen LogP contribution >= 0.6 is 0 Å². The number of benzene rings is 1. The minimum Gasteiger partial charge on any atom is -0.469 e. The fraction of sp³-hybridized carbons (Fsp3) is 0.611. The first-order chi connectivity index (χ1) is 9.82. The summed E-state index contributed by atoms with van der Waals surface area (Å²) in [6.07, 6.45) is 3.15. The van der Waals surface area contributed by atoms with Crippen LogP contribution < -0.4 is 5.73 Å². The zero-order chi connectivity index (χ0) is 16.0. The molecule has 0 saturated heterocycles. The van der Waals surface area contributed by atoms with Crippen LogP contribution in [0.3, 0.4) is 0 Å². The van der Waals surface area contributed by atoms with Gasteiger partial charge in [-0.25, -0.2) is 0 Å². The zero-order valence-electron chi connectivity index (χ0n) is 14.0. The molecule has 1 unspecified atom stereocenters. The molecule has 0 saturated carbocycles. The van der Waals surface area contributed by atoms with Crippen molar-refractivity contribution in [1.29, 1.82) is 0 Å². The Morgan fingerprint density at radius 2 is 1.95 bits per heavy atom. The summed E-state index contributed by atoms with van der Waals surface area (Å²) in [5.41, 5.74) is 10.1. The maximum atomic E-state index is 11.5. The molecular weight excluding hydrogens is 262 g/mol. The first kappa shape index (κ1) is 17.7. The van der Waals surface area contributed by atoms with Crippen LogP contribution in [0.5, 0.6) is 0 Å². The van der Waals surface area contributed by atoms with Gasteiger partial charge in [-0.1, -0.05) is 45.9 Å². The fourth-order valence-corrected chi connectivity index (χ4v) is 2.77. The van der Waals surface area contributed by atoms with Crippen molar-refractivity contribution in [1.82, 2.24) is 0 Å². The Kier molecular flexibility index (Phi) is 6.41. The first-order valence-corrected chi connectivity index (χ1v) is 7.77.